The molecule has 2 aromatic heterocycles. The molecule has 3 heterocycles. The highest BCUT2D eigenvalue weighted by Crippen LogP contribution is 2.32. The fraction of sp³-hybridized carbons (Fsp3) is 0.250. The molecule has 0 unspecified atom stereocenters. The molecular weight excluding hydrogens is 368 g/mol. The molecule has 4 rings (SSSR count). The number of hydrogen-bond donors (Lipinski definition) is 0. The van der Waals surface area contributed by atoms with Crippen LogP contribution in [0.3, 0.4) is 0 Å². The Hall–Kier alpha value is -1.67. The van der Waals surface area contributed by atoms with Gasteiger partial charge in [0.15, 0.2) is 5.13 Å². The third kappa shape index (κ3) is 3.25. The van der Waals surface area contributed by atoms with E-state index in [2.05, 4.69) is 9.88 Å². The van der Waals surface area contributed by atoms with Gasteiger partial charge in [-0.2, -0.15) is 0 Å². The maximum atomic E-state index is 12.1. The minimum absolute atomic E-state index is 0.399. The first kappa shape index (κ1) is 15.8. The van der Waals surface area contributed by atoms with Gasteiger partial charge in [0, 0.05) is 19.2 Å². The van der Waals surface area contributed by atoms with E-state index < -0.39 is 5.97 Å². The molecular formula is C16H13ClN2O3S2. The number of halogens is 1. The van der Waals surface area contributed by atoms with Crippen LogP contribution in [-0.2, 0) is 4.74 Å². The number of esters is 1. The molecule has 1 aliphatic heterocycles. The number of aromatic nitrogens is 1. The molecule has 0 radical (unpaired) electrons. The Bertz CT molecular complexity index is 886. The molecule has 1 saturated heterocycles. The van der Waals surface area contributed by atoms with E-state index in [1.807, 2.05) is 12.1 Å². The van der Waals surface area contributed by atoms with Crippen molar-refractivity contribution in [2.75, 3.05) is 31.2 Å². The summed E-state index contributed by atoms with van der Waals surface area (Å²) in [7, 11) is 0. The quantitative estimate of drug-likeness (QED) is 0.506. The van der Waals surface area contributed by atoms with E-state index in [-0.39, 0.29) is 0 Å². The molecule has 1 aliphatic rings. The molecule has 0 saturated carbocycles. The lowest BCUT2D eigenvalue weighted by Crippen LogP contribution is -2.36. The van der Waals surface area contributed by atoms with Gasteiger partial charge in [-0.1, -0.05) is 22.9 Å². The number of carbonyl (C=O) groups excluding carboxylic acids is 1. The maximum absolute atomic E-state index is 12.1. The first-order valence-electron chi connectivity index (χ1n) is 7.40. The number of morpholine rings is 1. The smallest absolute Gasteiger partial charge is 0.353 e. The molecule has 3 aromatic rings. The predicted octanol–water partition coefficient (Wildman–Crippen LogP) is 4.07. The third-order valence-electron chi connectivity index (χ3n) is 3.62. The fourth-order valence-corrected chi connectivity index (χ4v) is 4.39. The van der Waals surface area contributed by atoms with Crippen LogP contribution < -0.4 is 9.64 Å². The third-order valence-corrected chi connectivity index (χ3v) is 5.91. The van der Waals surface area contributed by atoms with Gasteiger partial charge >= 0.3 is 5.97 Å². The van der Waals surface area contributed by atoms with E-state index in [0.717, 1.165) is 41.7 Å². The zero-order valence-corrected chi connectivity index (χ0v) is 14.9. The number of ether oxygens (including phenoxy) is 2. The molecule has 1 fully saturated rings. The number of hydrogen-bond acceptors (Lipinski definition) is 7. The van der Waals surface area contributed by atoms with Crippen LogP contribution in [-0.4, -0.2) is 37.3 Å². The van der Waals surface area contributed by atoms with Gasteiger partial charge in [-0.15, -0.1) is 11.3 Å². The summed E-state index contributed by atoms with van der Waals surface area (Å²) in [5, 5.41) is 0.974. The maximum Gasteiger partial charge on any atom is 0.353 e. The van der Waals surface area contributed by atoms with Crippen molar-refractivity contribution in [1.29, 1.82) is 0 Å². The molecule has 0 atom stereocenters. The Kier molecular flexibility index (Phi) is 4.41. The van der Waals surface area contributed by atoms with Crippen LogP contribution in [0.15, 0.2) is 30.3 Å². The van der Waals surface area contributed by atoms with Gasteiger partial charge in [0.05, 0.1) is 27.8 Å². The van der Waals surface area contributed by atoms with E-state index >= 15 is 0 Å². The summed E-state index contributed by atoms with van der Waals surface area (Å²) < 4.78 is 12.4. The van der Waals surface area contributed by atoms with Crippen LogP contribution in [0, 0.1) is 0 Å². The SMILES string of the molecule is O=C(Oc1ccc2nc(N3CCOCC3)sc2c1)c1ccc(Cl)s1. The van der Waals surface area contributed by atoms with Gasteiger partial charge in [-0.3, -0.25) is 0 Å². The van der Waals surface area contributed by atoms with Gasteiger partial charge in [0.25, 0.3) is 0 Å². The standard InChI is InChI=1S/C16H13ClN2O3S2/c17-14-4-3-12(23-14)15(20)22-10-1-2-11-13(9-10)24-16(18-11)19-5-7-21-8-6-19/h1-4,9H,5-8H2. The number of thiazole rings is 1. The van der Waals surface area contributed by atoms with Gasteiger partial charge in [-0.25, -0.2) is 9.78 Å². The van der Waals surface area contributed by atoms with Crippen molar-refractivity contribution in [3.8, 4) is 5.75 Å². The molecule has 0 aliphatic carbocycles. The predicted molar refractivity (Wildman–Crippen MR) is 96.9 cm³/mol. The van der Waals surface area contributed by atoms with Crippen LogP contribution in [0.5, 0.6) is 5.75 Å². The van der Waals surface area contributed by atoms with Gasteiger partial charge < -0.3 is 14.4 Å². The first-order chi connectivity index (χ1) is 11.7. The van der Waals surface area contributed by atoms with Crippen LogP contribution in [0.25, 0.3) is 10.2 Å². The Morgan fingerprint density at radius 2 is 2.04 bits per heavy atom. The normalized spacial score (nSPS) is 15.0. The second kappa shape index (κ2) is 6.68. The summed E-state index contributed by atoms with van der Waals surface area (Å²) in [4.78, 5) is 19.5. The zero-order valence-electron chi connectivity index (χ0n) is 12.5. The highest BCUT2D eigenvalue weighted by Gasteiger charge is 2.16. The topological polar surface area (TPSA) is 51.7 Å². The van der Waals surface area contributed by atoms with Crippen LogP contribution >= 0.6 is 34.3 Å². The Morgan fingerprint density at radius 1 is 1.21 bits per heavy atom. The van der Waals surface area contributed by atoms with Crippen molar-refractivity contribution in [2.24, 2.45) is 0 Å². The number of carbonyl (C=O) groups is 1. The molecule has 124 valence electrons. The molecule has 8 heteroatoms. The number of rotatable bonds is 3. The second-order valence-corrected chi connectivity index (χ2v) is 7.94. The van der Waals surface area contributed by atoms with Gasteiger partial charge in [0.1, 0.15) is 10.6 Å². The number of thiophene rings is 1. The summed E-state index contributed by atoms with van der Waals surface area (Å²) in [6.45, 7) is 3.14. The minimum Gasteiger partial charge on any atom is -0.422 e. The molecule has 1 aromatic carbocycles. The lowest BCUT2D eigenvalue weighted by Gasteiger charge is -2.25. The Labute approximate surface area is 151 Å². The van der Waals surface area contributed by atoms with Crippen molar-refractivity contribution < 1.29 is 14.3 Å². The van der Waals surface area contributed by atoms with Gasteiger partial charge in [0.2, 0.25) is 0 Å². The summed E-state index contributed by atoms with van der Waals surface area (Å²) in [5.41, 5.74) is 0.903. The number of nitrogens with zero attached hydrogens (tertiary/aromatic N) is 2. The number of fused-ring (bicyclic) bond motifs is 1. The van der Waals surface area contributed by atoms with Crippen LogP contribution in [0.2, 0.25) is 4.34 Å². The van der Waals surface area contributed by atoms with Crippen molar-refractivity contribution in [3.05, 3.63) is 39.5 Å². The van der Waals surface area contributed by atoms with Gasteiger partial charge in [-0.05, 0) is 24.3 Å². The summed E-state index contributed by atoms with van der Waals surface area (Å²) in [5.74, 6) is 0.110. The lowest BCUT2D eigenvalue weighted by molar-refractivity contribution is 0.0740. The van der Waals surface area contributed by atoms with Crippen molar-refractivity contribution >= 4 is 55.6 Å². The average Bonchev–Trinajstić information content (AvgIpc) is 3.21. The monoisotopic (exact) mass is 380 g/mol. The van der Waals surface area contributed by atoms with Crippen LogP contribution in [0.4, 0.5) is 5.13 Å². The highest BCUT2D eigenvalue weighted by molar-refractivity contribution is 7.22. The van der Waals surface area contributed by atoms with E-state index in [4.69, 9.17) is 21.1 Å². The Morgan fingerprint density at radius 3 is 2.79 bits per heavy atom. The summed E-state index contributed by atoms with van der Waals surface area (Å²) in [6.07, 6.45) is 0. The zero-order chi connectivity index (χ0) is 16.5. The van der Waals surface area contributed by atoms with E-state index in [1.165, 1.54) is 11.3 Å². The molecule has 0 spiro atoms. The van der Waals surface area contributed by atoms with E-state index in [9.17, 15) is 4.79 Å². The average molecular weight is 381 g/mol. The Balaban J connectivity index is 1.55. The number of benzene rings is 1. The summed E-state index contributed by atoms with van der Waals surface area (Å²) >= 11 is 8.65. The number of anilines is 1. The molecule has 0 amide bonds. The molecule has 0 bridgehead atoms. The highest BCUT2D eigenvalue weighted by atomic mass is 35.5. The van der Waals surface area contributed by atoms with Crippen molar-refractivity contribution in [3.63, 3.8) is 0 Å². The molecule has 0 N–H and O–H groups in total. The largest absolute Gasteiger partial charge is 0.422 e. The fourth-order valence-electron chi connectivity index (χ4n) is 2.43. The van der Waals surface area contributed by atoms with Crippen LogP contribution in [0.1, 0.15) is 9.67 Å². The van der Waals surface area contributed by atoms with E-state index in [0.29, 0.717) is 15.0 Å². The van der Waals surface area contributed by atoms with Crippen molar-refractivity contribution in [2.45, 2.75) is 0 Å². The summed E-state index contributed by atoms with van der Waals surface area (Å²) in [6, 6.07) is 8.84. The second-order valence-electron chi connectivity index (χ2n) is 5.22. The first-order valence-corrected chi connectivity index (χ1v) is 9.41. The lowest BCUT2D eigenvalue weighted by atomic mass is 10.3. The van der Waals surface area contributed by atoms with E-state index in [1.54, 1.807) is 29.5 Å². The minimum atomic E-state index is -0.399. The van der Waals surface area contributed by atoms with Crippen molar-refractivity contribution in [1.82, 2.24) is 4.98 Å². The molecule has 5 nitrogen and oxygen atoms in total. The molecule has 24 heavy (non-hydrogen) atoms.